The number of methoxy groups -OCH3 is 1. The number of rotatable bonds is 4. The van der Waals surface area contributed by atoms with Crippen molar-refractivity contribution in [3.05, 3.63) is 27.3 Å². The number of esters is 1. The number of ether oxygens (including phenoxy) is 1. The highest BCUT2D eigenvalue weighted by Crippen LogP contribution is 2.21. The first-order chi connectivity index (χ1) is 8.45. The summed E-state index contributed by atoms with van der Waals surface area (Å²) in [7, 11) is 2.88. The minimum atomic E-state index is -0.374. The zero-order valence-corrected chi connectivity index (χ0v) is 12.3. The molecule has 1 aromatic carbocycles. The lowest BCUT2D eigenvalue weighted by atomic mass is 10.2. The normalized spacial score (nSPS) is 9.94. The highest BCUT2D eigenvalue weighted by atomic mass is 127. The van der Waals surface area contributed by atoms with E-state index in [2.05, 4.69) is 27.3 Å². The highest BCUT2D eigenvalue weighted by Gasteiger charge is 2.16. The van der Waals surface area contributed by atoms with Crippen LogP contribution in [0.5, 0.6) is 5.75 Å². The van der Waals surface area contributed by atoms with Crippen LogP contribution in [0.2, 0.25) is 0 Å². The van der Waals surface area contributed by atoms with Crippen molar-refractivity contribution < 1.29 is 19.4 Å². The van der Waals surface area contributed by atoms with E-state index in [1.54, 1.807) is 19.2 Å². The third kappa shape index (κ3) is 3.86. The number of hydrogen-bond acceptors (Lipinski definition) is 4. The van der Waals surface area contributed by atoms with E-state index >= 15 is 0 Å². The number of phenols is 1. The summed E-state index contributed by atoms with van der Waals surface area (Å²) in [5.41, 5.74) is 0.231. The van der Waals surface area contributed by atoms with E-state index in [1.807, 2.05) is 0 Å². The second kappa shape index (κ2) is 6.58. The van der Waals surface area contributed by atoms with Gasteiger partial charge >= 0.3 is 5.97 Å². The standard InChI is InChI=1S/C12H14INO4/c1-14(6-5-11(16)18-2)12(17)9-7-8(13)3-4-10(9)15/h3-4,7,15H,5-6H2,1-2H3. The average Bonchev–Trinajstić information content (AvgIpc) is 2.37. The molecular weight excluding hydrogens is 349 g/mol. The molecule has 0 aliphatic rings. The highest BCUT2D eigenvalue weighted by molar-refractivity contribution is 14.1. The van der Waals surface area contributed by atoms with Crippen molar-refractivity contribution in [3.63, 3.8) is 0 Å². The maximum Gasteiger partial charge on any atom is 0.307 e. The van der Waals surface area contributed by atoms with Crippen LogP contribution in [0.15, 0.2) is 18.2 Å². The Hall–Kier alpha value is -1.31. The summed E-state index contributed by atoms with van der Waals surface area (Å²) in [6, 6.07) is 4.79. The Bertz CT molecular complexity index is 461. The molecule has 1 N–H and O–H groups in total. The zero-order chi connectivity index (χ0) is 13.7. The van der Waals surface area contributed by atoms with Crippen LogP contribution in [-0.2, 0) is 9.53 Å². The van der Waals surface area contributed by atoms with Gasteiger partial charge in [0.05, 0.1) is 19.1 Å². The maximum absolute atomic E-state index is 12.0. The number of aromatic hydroxyl groups is 1. The van der Waals surface area contributed by atoms with Crippen LogP contribution in [-0.4, -0.2) is 42.6 Å². The summed E-state index contributed by atoms with van der Waals surface area (Å²) >= 11 is 2.06. The van der Waals surface area contributed by atoms with Gasteiger partial charge in [-0.15, -0.1) is 0 Å². The topological polar surface area (TPSA) is 66.8 Å². The number of amides is 1. The van der Waals surface area contributed by atoms with E-state index in [0.717, 1.165) is 3.57 Å². The molecular formula is C12H14INO4. The molecule has 0 saturated carbocycles. The molecule has 98 valence electrons. The lowest BCUT2D eigenvalue weighted by Gasteiger charge is -2.17. The van der Waals surface area contributed by atoms with Crippen molar-refractivity contribution in [3.8, 4) is 5.75 Å². The van der Waals surface area contributed by atoms with Crippen LogP contribution < -0.4 is 0 Å². The van der Waals surface area contributed by atoms with Crippen LogP contribution in [0.3, 0.4) is 0 Å². The molecule has 0 saturated heterocycles. The summed E-state index contributed by atoms with van der Waals surface area (Å²) in [5.74, 6) is -0.762. The first-order valence-corrected chi connectivity index (χ1v) is 6.34. The Morgan fingerprint density at radius 2 is 2.11 bits per heavy atom. The van der Waals surface area contributed by atoms with E-state index in [1.165, 1.54) is 18.1 Å². The number of halogens is 1. The Kier molecular flexibility index (Phi) is 5.39. The second-order valence-corrected chi connectivity index (χ2v) is 4.96. The molecule has 1 aromatic rings. The number of carbonyl (C=O) groups excluding carboxylic acids is 2. The van der Waals surface area contributed by atoms with Gasteiger partial charge in [0.2, 0.25) is 0 Å². The lowest BCUT2D eigenvalue weighted by Crippen LogP contribution is -2.29. The predicted molar refractivity (Wildman–Crippen MR) is 74.4 cm³/mol. The van der Waals surface area contributed by atoms with E-state index in [9.17, 15) is 14.7 Å². The van der Waals surface area contributed by atoms with E-state index in [4.69, 9.17) is 0 Å². The van der Waals surface area contributed by atoms with Crippen LogP contribution >= 0.6 is 22.6 Å². The van der Waals surface area contributed by atoms with Crippen molar-refractivity contribution in [2.45, 2.75) is 6.42 Å². The molecule has 0 atom stereocenters. The maximum atomic E-state index is 12.0. The van der Waals surface area contributed by atoms with Gasteiger partial charge in [0.1, 0.15) is 5.75 Å². The summed E-state index contributed by atoms with van der Waals surface area (Å²) in [6.45, 7) is 0.246. The number of nitrogens with zero attached hydrogens (tertiary/aromatic N) is 1. The molecule has 6 heteroatoms. The van der Waals surface area contributed by atoms with Crippen LogP contribution in [0, 0.1) is 3.57 Å². The van der Waals surface area contributed by atoms with Gasteiger partial charge < -0.3 is 14.7 Å². The molecule has 18 heavy (non-hydrogen) atoms. The minimum Gasteiger partial charge on any atom is -0.507 e. The summed E-state index contributed by atoms with van der Waals surface area (Å²) < 4.78 is 5.36. The van der Waals surface area contributed by atoms with Gasteiger partial charge in [-0.25, -0.2) is 0 Å². The van der Waals surface area contributed by atoms with Crippen LogP contribution in [0.25, 0.3) is 0 Å². The SMILES string of the molecule is COC(=O)CCN(C)C(=O)c1cc(I)ccc1O. The third-order valence-corrected chi connectivity index (χ3v) is 3.09. The lowest BCUT2D eigenvalue weighted by molar-refractivity contribution is -0.140. The van der Waals surface area contributed by atoms with E-state index in [0.29, 0.717) is 0 Å². The fourth-order valence-corrected chi connectivity index (χ4v) is 1.84. The molecule has 0 aromatic heterocycles. The van der Waals surface area contributed by atoms with Gasteiger partial charge in [0.25, 0.3) is 5.91 Å². The van der Waals surface area contributed by atoms with Gasteiger partial charge in [-0.2, -0.15) is 0 Å². The number of benzene rings is 1. The Balaban J connectivity index is 2.74. The Morgan fingerprint density at radius 3 is 2.72 bits per heavy atom. The first-order valence-electron chi connectivity index (χ1n) is 5.26. The van der Waals surface area contributed by atoms with Gasteiger partial charge in [0.15, 0.2) is 0 Å². The van der Waals surface area contributed by atoms with E-state index in [-0.39, 0.29) is 36.2 Å². The third-order valence-electron chi connectivity index (χ3n) is 2.41. The van der Waals surface area contributed by atoms with Crippen molar-refractivity contribution in [2.24, 2.45) is 0 Å². The largest absolute Gasteiger partial charge is 0.507 e. The fraction of sp³-hybridized carbons (Fsp3) is 0.333. The smallest absolute Gasteiger partial charge is 0.307 e. The van der Waals surface area contributed by atoms with E-state index < -0.39 is 0 Å². The van der Waals surface area contributed by atoms with Gasteiger partial charge in [-0.1, -0.05) is 0 Å². The summed E-state index contributed by atoms with van der Waals surface area (Å²) in [5, 5.41) is 9.64. The Labute approximate surface area is 119 Å². The molecule has 0 aliphatic heterocycles. The van der Waals surface area contributed by atoms with Crippen molar-refractivity contribution >= 4 is 34.5 Å². The molecule has 1 amide bonds. The number of hydrogen-bond donors (Lipinski definition) is 1. The molecule has 0 unspecified atom stereocenters. The fourth-order valence-electron chi connectivity index (χ4n) is 1.35. The number of carbonyl (C=O) groups is 2. The predicted octanol–water partition coefficient (Wildman–Crippen LogP) is 1.63. The van der Waals surface area contributed by atoms with Crippen LogP contribution in [0.4, 0.5) is 0 Å². The quantitative estimate of drug-likeness (QED) is 0.653. The number of phenolic OH excluding ortho intramolecular Hbond substituents is 1. The average molecular weight is 363 g/mol. The zero-order valence-electron chi connectivity index (χ0n) is 10.1. The molecule has 0 aliphatic carbocycles. The van der Waals surface area contributed by atoms with Crippen molar-refractivity contribution in [2.75, 3.05) is 20.7 Å². The molecule has 0 heterocycles. The van der Waals surface area contributed by atoms with Gasteiger partial charge in [0, 0.05) is 17.2 Å². The monoisotopic (exact) mass is 363 g/mol. The van der Waals surface area contributed by atoms with Gasteiger partial charge in [-0.3, -0.25) is 9.59 Å². The molecule has 0 fully saturated rings. The summed E-state index contributed by atoms with van der Waals surface area (Å²) in [6.07, 6.45) is 0.128. The van der Waals surface area contributed by atoms with Crippen molar-refractivity contribution in [1.82, 2.24) is 4.90 Å². The summed E-state index contributed by atoms with van der Waals surface area (Å²) in [4.78, 5) is 24.4. The Morgan fingerprint density at radius 1 is 1.44 bits per heavy atom. The van der Waals surface area contributed by atoms with Crippen LogP contribution in [0.1, 0.15) is 16.8 Å². The molecule has 5 nitrogen and oxygen atoms in total. The molecule has 0 bridgehead atoms. The molecule has 0 radical (unpaired) electrons. The minimum absolute atomic E-state index is 0.0645. The van der Waals surface area contributed by atoms with Gasteiger partial charge in [-0.05, 0) is 40.8 Å². The second-order valence-electron chi connectivity index (χ2n) is 3.71. The first kappa shape index (κ1) is 14.7. The van der Waals surface area contributed by atoms with Crippen molar-refractivity contribution in [1.29, 1.82) is 0 Å². The molecule has 1 rings (SSSR count). The molecule has 0 spiro atoms.